The fraction of sp³-hybridized carbons (Fsp3) is 0.500. The van der Waals surface area contributed by atoms with Crippen LogP contribution >= 0.6 is 11.3 Å². The molecule has 1 aromatic carbocycles. The van der Waals surface area contributed by atoms with E-state index in [0.29, 0.717) is 19.6 Å². The van der Waals surface area contributed by atoms with E-state index in [9.17, 15) is 4.79 Å². The standard InChI is InChI=1S/C20H25N3O3S/c1-14-19(27-13-21-14)6-7-20(24)23-8-2-3-16(12-23)22-15-4-5-17-18(11-15)26-10-9-25-17/h4-5,11,13,16,22H,2-3,6-10,12H2,1H3. The fourth-order valence-electron chi connectivity index (χ4n) is 3.64. The summed E-state index contributed by atoms with van der Waals surface area (Å²) < 4.78 is 11.2. The lowest BCUT2D eigenvalue weighted by molar-refractivity contribution is -0.132. The van der Waals surface area contributed by atoms with Gasteiger partial charge in [0.05, 0.1) is 11.2 Å². The maximum atomic E-state index is 12.6. The number of likely N-dealkylation sites (tertiary alicyclic amines) is 1. The molecule has 1 fully saturated rings. The van der Waals surface area contributed by atoms with E-state index in [4.69, 9.17) is 9.47 Å². The molecule has 1 atom stereocenters. The van der Waals surface area contributed by atoms with Crippen LogP contribution in [0.3, 0.4) is 0 Å². The lowest BCUT2D eigenvalue weighted by Gasteiger charge is -2.34. The van der Waals surface area contributed by atoms with Gasteiger partial charge >= 0.3 is 0 Å². The molecule has 2 aromatic rings. The zero-order valence-electron chi connectivity index (χ0n) is 15.6. The van der Waals surface area contributed by atoms with Crippen molar-refractivity contribution >= 4 is 22.9 Å². The van der Waals surface area contributed by atoms with E-state index in [1.807, 2.05) is 35.5 Å². The number of rotatable bonds is 5. The van der Waals surface area contributed by atoms with Crippen LogP contribution in [0.5, 0.6) is 11.5 Å². The smallest absolute Gasteiger partial charge is 0.223 e. The maximum absolute atomic E-state index is 12.6. The molecule has 1 saturated heterocycles. The lowest BCUT2D eigenvalue weighted by atomic mass is 10.0. The summed E-state index contributed by atoms with van der Waals surface area (Å²) in [6, 6.07) is 6.21. The highest BCUT2D eigenvalue weighted by molar-refractivity contribution is 7.09. The number of anilines is 1. The molecule has 27 heavy (non-hydrogen) atoms. The summed E-state index contributed by atoms with van der Waals surface area (Å²) in [6.07, 6.45) is 3.42. The summed E-state index contributed by atoms with van der Waals surface area (Å²) in [5.41, 5.74) is 3.91. The molecule has 0 bridgehead atoms. The summed E-state index contributed by atoms with van der Waals surface area (Å²) in [4.78, 5) is 20.1. The Bertz CT molecular complexity index is 808. The van der Waals surface area contributed by atoms with Crippen LogP contribution in [0.4, 0.5) is 5.69 Å². The second-order valence-corrected chi connectivity index (χ2v) is 7.98. The normalized spacial score (nSPS) is 19.0. The molecule has 1 unspecified atom stereocenters. The highest BCUT2D eigenvalue weighted by Gasteiger charge is 2.24. The molecule has 0 spiro atoms. The molecular weight excluding hydrogens is 362 g/mol. The summed E-state index contributed by atoms with van der Waals surface area (Å²) in [6.45, 7) is 4.78. The first-order chi connectivity index (χ1) is 13.2. The summed E-state index contributed by atoms with van der Waals surface area (Å²) >= 11 is 1.64. The number of aromatic nitrogens is 1. The van der Waals surface area contributed by atoms with Gasteiger partial charge in [0, 0.05) is 42.2 Å². The minimum Gasteiger partial charge on any atom is -0.486 e. The van der Waals surface area contributed by atoms with E-state index in [-0.39, 0.29) is 11.9 Å². The minimum absolute atomic E-state index is 0.233. The maximum Gasteiger partial charge on any atom is 0.223 e. The molecule has 6 nitrogen and oxygen atoms in total. The molecule has 1 N–H and O–H groups in total. The van der Waals surface area contributed by atoms with Crippen LogP contribution in [0, 0.1) is 6.92 Å². The van der Waals surface area contributed by atoms with Crippen molar-refractivity contribution in [3.63, 3.8) is 0 Å². The van der Waals surface area contributed by atoms with Crippen LogP contribution in [-0.2, 0) is 11.2 Å². The molecule has 7 heteroatoms. The first kappa shape index (κ1) is 18.1. The van der Waals surface area contributed by atoms with Gasteiger partial charge < -0.3 is 19.7 Å². The van der Waals surface area contributed by atoms with Gasteiger partial charge in [-0.05, 0) is 38.3 Å². The number of aryl methyl sites for hydroxylation is 2. The van der Waals surface area contributed by atoms with E-state index in [0.717, 1.165) is 55.2 Å². The summed E-state index contributed by atoms with van der Waals surface area (Å²) in [7, 11) is 0. The second kappa shape index (κ2) is 8.17. The van der Waals surface area contributed by atoms with Crippen molar-refractivity contribution in [2.24, 2.45) is 0 Å². The Kier molecular flexibility index (Phi) is 5.48. The second-order valence-electron chi connectivity index (χ2n) is 7.04. The number of nitrogens with zero attached hydrogens (tertiary/aromatic N) is 2. The average molecular weight is 388 g/mol. The fourth-order valence-corrected chi connectivity index (χ4v) is 4.42. The molecule has 1 amide bonds. The Hall–Kier alpha value is -2.28. The predicted molar refractivity (Wildman–Crippen MR) is 106 cm³/mol. The van der Waals surface area contributed by atoms with Crippen LogP contribution < -0.4 is 14.8 Å². The molecule has 2 aliphatic heterocycles. The molecule has 4 rings (SSSR count). The summed E-state index contributed by atoms with van der Waals surface area (Å²) in [5.74, 6) is 1.82. The molecule has 1 aromatic heterocycles. The number of carbonyl (C=O) groups is 1. The number of fused-ring (bicyclic) bond motifs is 1. The number of nitrogens with one attached hydrogen (secondary N) is 1. The quantitative estimate of drug-likeness (QED) is 0.853. The number of hydrogen-bond acceptors (Lipinski definition) is 6. The number of benzene rings is 1. The molecule has 2 aliphatic rings. The lowest BCUT2D eigenvalue weighted by Crippen LogP contribution is -2.45. The van der Waals surface area contributed by atoms with Crippen molar-refractivity contribution < 1.29 is 14.3 Å². The summed E-state index contributed by atoms with van der Waals surface area (Å²) in [5, 5.41) is 3.56. The third kappa shape index (κ3) is 4.35. The molecule has 0 aliphatic carbocycles. The van der Waals surface area contributed by atoms with Crippen molar-refractivity contribution in [1.82, 2.24) is 9.88 Å². The van der Waals surface area contributed by atoms with Crippen LogP contribution in [0.1, 0.15) is 29.8 Å². The topological polar surface area (TPSA) is 63.7 Å². The highest BCUT2D eigenvalue weighted by Crippen LogP contribution is 2.33. The average Bonchev–Trinajstić information content (AvgIpc) is 3.11. The Balaban J connectivity index is 1.32. The predicted octanol–water partition coefficient (Wildman–Crippen LogP) is 3.26. The monoisotopic (exact) mass is 387 g/mol. The number of ether oxygens (including phenoxy) is 2. The van der Waals surface area contributed by atoms with Crippen molar-refractivity contribution in [3.05, 3.63) is 34.3 Å². The van der Waals surface area contributed by atoms with E-state index in [1.54, 1.807) is 11.3 Å². The SMILES string of the molecule is Cc1ncsc1CCC(=O)N1CCCC(Nc2ccc3c(c2)OCCO3)C1. The van der Waals surface area contributed by atoms with Gasteiger partial charge in [0.2, 0.25) is 5.91 Å². The third-order valence-corrected chi connectivity index (χ3v) is 6.09. The zero-order valence-corrected chi connectivity index (χ0v) is 16.4. The zero-order chi connectivity index (χ0) is 18.6. The number of thiazole rings is 1. The van der Waals surface area contributed by atoms with Gasteiger partial charge in [0.1, 0.15) is 13.2 Å². The first-order valence-electron chi connectivity index (χ1n) is 9.52. The number of piperidine rings is 1. The van der Waals surface area contributed by atoms with E-state index in [1.165, 1.54) is 4.88 Å². The minimum atomic E-state index is 0.233. The Morgan fingerprint density at radius 3 is 3.00 bits per heavy atom. The van der Waals surface area contributed by atoms with Gasteiger partial charge in [0.15, 0.2) is 11.5 Å². The Morgan fingerprint density at radius 1 is 1.33 bits per heavy atom. The van der Waals surface area contributed by atoms with Crippen molar-refractivity contribution in [1.29, 1.82) is 0 Å². The number of hydrogen-bond donors (Lipinski definition) is 1. The van der Waals surface area contributed by atoms with Crippen LogP contribution in [0.15, 0.2) is 23.7 Å². The van der Waals surface area contributed by atoms with E-state index in [2.05, 4.69) is 10.3 Å². The molecular formula is C20H25N3O3S. The number of amides is 1. The Labute approximate surface area is 163 Å². The molecule has 0 radical (unpaired) electrons. The van der Waals surface area contributed by atoms with Crippen LogP contribution in [0.2, 0.25) is 0 Å². The van der Waals surface area contributed by atoms with Crippen LogP contribution in [0.25, 0.3) is 0 Å². The Morgan fingerprint density at radius 2 is 2.19 bits per heavy atom. The molecule has 144 valence electrons. The molecule has 0 saturated carbocycles. The third-order valence-electron chi connectivity index (χ3n) is 5.10. The van der Waals surface area contributed by atoms with Gasteiger partial charge in [-0.15, -0.1) is 11.3 Å². The largest absolute Gasteiger partial charge is 0.486 e. The van der Waals surface area contributed by atoms with Gasteiger partial charge in [-0.3, -0.25) is 4.79 Å². The van der Waals surface area contributed by atoms with E-state index >= 15 is 0 Å². The van der Waals surface area contributed by atoms with Gasteiger partial charge in [-0.25, -0.2) is 4.98 Å². The van der Waals surface area contributed by atoms with Crippen LogP contribution in [-0.4, -0.2) is 48.1 Å². The van der Waals surface area contributed by atoms with Crippen molar-refractivity contribution in [2.45, 2.75) is 38.6 Å². The van der Waals surface area contributed by atoms with Gasteiger partial charge in [0.25, 0.3) is 0 Å². The van der Waals surface area contributed by atoms with Gasteiger partial charge in [-0.1, -0.05) is 0 Å². The number of carbonyl (C=O) groups excluding carboxylic acids is 1. The first-order valence-corrected chi connectivity index (χ1v) is 10.4. The molecule has 3 heterocycles. The van der Waals surface area contributed by atoms with Gasteiger partial charge in [-0.2, -0.15) is 0 Å². The van der Waals surface area contributed by atoms with E-state index < -0.39 is 0 Å². The highest BCUT2D eigenvalue weighted by atomic mass is 32.1. The van der Waals surface area contributed by atoms with Crippen molar-refractivity contribution in [3.8, 4) is 11.5 Å². The van der Waals surface area contributed by atoms with Crippen molar-refractivity contribution in [2.75, 3.05) is 31.6 Å².